The number of carboxylic acids is 1. The number of aryl methyl sites for hydroxylation is 1. The summed E-state index contributed by atoms with van der Waals surface area (Å²) in [6.45, 7) is 1.77. The number of carbonyl (C=O) groups excluding carboxylic acids is 1. The van der Waals surface area contributed by atoms with Crippen molar-refractivity contribution >= 4 is 12.3 Å². The van der Waals surface area contributed by atoms with Crippen molar-refractivity contribution in [2.75, 3.05) is 0 Å². The number of benzene rings is 3. The molecule has 0 bridgehead atoms. The molecule has 33 heavy (non-hydrogen) atoms. The topological polar surface area (TPSA) is 83.8 Å². The lowest BCUT2D eigenvalue weighted by atomic mass is 9.95. The molecule has 3 aromatic carbocycles. The first-order valence-corrected chi connectivity index (χ1v) is 10.1. The minimum atomic E-state index is -4.78. The van der Waals surface area contributed by atoms with Gasteiger partial charge in [0.1, 0.15) is 18.1 Å². The molecule has 2 N–H and O–H groups in total. The predicted molar refractivity (Wildman–Crippen MR) is 115 cm³/mol. The SMILES string of the molecule is CCc1cc(CC(=O)O)ccc1-c1ccc(OCc2ccc(C(F)(F)F)c(O)c2C=O)cc1. The minimum Gasteiger partial charge on any atom is -0.507 e. The van der Waals surface area contributed by atoms with Crippen LogP contribution in [0.15, 0.2) is 54.6 Å². The molecule has 0 spiro atoms. The van der Waals surface area contributed by atoms with E-state index in [0.29, 0.717) is 23.8 Å². The van der Waals surface area contributed by atoms with Crippen molar-refractivity contribution in [3.8, 4) is 22.6 Å². The van der Waals surface area contributed by atoms with Crippen molar-refractivity contribution in [3.63, 3.8) is 0 Å². The van der Waals surface area contributed by atoms with E-state index >= 15 is 0 Å². The number of halogens is 3. The van der Waals surface area contributed by atoms with Crippen LogP contribution in [0, 0.1) is 0 Å². The van der Waals surface area contributed by atoms with Crippen LogP contribution in [0.3, 0.4) is 0 Å². The van der Waals surface area contributed by atoms with E-state index in [0.717, 1.165) is 22.8 Å². The molecule has 0 saturated carbocycles. The van der Waals surface area contributed by atoms with Crippen LogP contribution in [-0.4, -0.2) is 22.5 Å². The van der Waals surface area contributed by atoms with Crippen LogP contribution in [-0.2, 0) is 30.4 Å². The standard InChI is InChI=1S/C25H21F3O5/c1-2-16-11-15(12-23(30)31)3-9-20(16)17-4-7-19(8-5-17)33-14-18-6-10-22(25(26,27)28)24(32)21(18)13-29/h3-11,13,32H,2,12,14H2,1H3,(H,30,31). The van der Waals surface area contributed by atoms with E-state index in [-0.39, 0.29) is 24.9 Å². The highest BCUT2D eigenvalue weighted by Crippen LogP contribution is 2.38. The van der Waals surface area contributed by atoms with E-state index in [4.69, 9.17) is 9.84 Å². The van der Waals surface area contributed by atoms with Crippen molar-refractivity contribution in [1.29, 1.82) is 0 Å². The average Bonchev–Trinajstić information content (AvgIpc) is 2.76. The molecule has 0 radical (unpaired) electrons. The summed E-state index contributed by atoms with van der Waals surface area (Å²) in [4.78, 5) is 22.2. The van der Waals surface area contributed by atoms with Gasteiger partial charge >= 0.3 is 12.1 Å². The molecule has 0 unspecified atom stereocenters. The number of carbonyl (C=O) groups is 2. The number of aliphatic carboxylic acids is 1. The zero-order chi connectivity index (χ0) is 24.2. The van der Waals surface area contributed by atoms with Crippen molar-refractivity contribution in [1.82, 2.24) is 0 Å². The van der Waals surface area contributed by atoms with E-state index < -0.39 is 29.0 Å². The Labute approximate surface area is 188 Å². The van der Waals surface area contributed by atoms with Crippen molar-refractivity contribution in [2.24, 2.45) is 0 Å². The first-order chi connectivity index (χ1) is 15.6. The molecule has 8 heteroatoms. The van der Waals surface area contributed by atoms with Gasteiger partial charge in [-0.2, -0.15) is 13.2 Å². The summed E-state index contributed by atoms with van der Waals surface area (Å²) in [6, 6.07) is 14.3. The molecule has 0 heterocycles. The van der Waals surface area contributed by atoms with Crippen LogP contribution in [0.1, 0.15) is 39.5 Å². The molecule has 0 aromatic heterocycles. The third kappa shape index (κ3) is 5.52. The van der Waals surface area contributed by atoms with E-state index in [1.807, 2.05) is 31.2 Å². The Bertz CT molecular complexity index is 1170. The lowest BCUT2D eigenvalue weighted by Gasteiger charge is -2.14. The summed E-state index contributed by atoms with van der Waals surface area (Å²) >= 11 is 0. The predicted octanol–water partition coefficient (Wildman–Crippen LogP) is 5.66. The second-order valence-corrected chi connectivity index (χ2v) is 7.38. The Morgan fingerprint density at radius 2 is 1.73 bits per heavy atom. The largest absolute Gasteiger partial charge is 0.507 e. The summed E-state index contributed by atoms with van der Waals surface area (Å²) in [5, 5.41) is 18.8. The van der Waals surface area contributed by atoms with Crippen LogP contribution in [0.4, 0.5) is 13.2 Å². The van der Waals surface area contributed by atoms with Gasteiger partial charge in [0.05, 0.1) is 17.5 Å². The molecule has 0 saturated heterocycles. The first kappa shape index (κ1) is 23.8. The average molecular weight is 458 g/mol. The second-order valence-electron chi connectivity index (χ2n) is 7.38. The molecule has 0 fully saturated rings. The maximum absolute atomic E-state index is 12.9. The summed E-state index contributed by atoms with van der Waals surface area (Å²) in [5.41, 5.74) is 1.94. The van der Waals surface area contributed by atoms with Gasteiger partial charge in [0.15, 0.2) is 6.29 Å². The second kappa shape index (κ2) is 9.77. The molecule has 0 aliphatic heterocycles. The Hall–Kier alpha value is -3.81. The van der Waals surface area contributed by atoms with Gasteiger partial charge in [-0.1, -0.05) is 43.3 Å². The van der Waals surface area contributed by atoms with E-state index in [9.17, 15) is 27.9 Å². The number of rotatable bonds is 8. The number of ether oxygens (including phenoxy) is 1. The third-order valence-electron chi connectivity index (χ3n) is 5.20. The molecule has 5 nitrogen and oxygen atoms in total. The van der Waals surface area contributed by atoms with Crippen LogP contribution >= 0.6 is 0 Å². The summed E-state index contributed by atoms with van der Waals surface area (Å²) in [5.74, 6) is -1.59. The Morgan fingerprint density at radius 1 is 1.03 bits per heavy atom. The maximum Gasteiger partial charge on any atom is 0.419 e. The lowest BCUT2D eigenvalue weighted by molar-refractivity contribution is -0.139. The van der Waals surface area contributed by atoms with Crippen molar-refractivity contribution in [2.45, 2.75) is 32.5 Å². The van der Waals surface area contributed by atoms with Gasteiger partial charge in [-0.15, -0.1) is 0 Å². The number of hydrogen-bond acceptors (Lipinski definition) is 4. The molecule has 0 atom stereocenters. The van der Waals surface area contributed by atoms with Crippen LogP contribution in [0.25, 0.3) is 11.1 Å². The monoisotopic (exact) mass is 458 g/mol. The number of phenols is 1. The molecular weight excluding hydrogens is 437 g/mol. The third-order valence-corrected chi connectivity index (χ3v) is 5.20. The number of aldehydes is 1. The molecular formula is C25H21F3O5. The van der Waals surface area contributed by atoms with Gasteiger partial charge in [-0.25, -0.2) is 0 Å². The van der Waals surface area contributed by atoms with Gasteiger partial charge in [0.2, 0.25) is 0 Å². The fourth-order valence-corrected chi connectivity index (χ4v) is 3.53. The zero-order valence-electron chi connectivity index (χ0n) is 17.6. The molecule has 3 aromatic rings. The molecule has 0 aliphatic rings. The number of aromatic hydroxyl groups is 1. The number of alkyl halides is 3. The van der Waals surface area contributed by atoms with Gasteiger partial charge in [0.25, 0.3) is 0 Å². The summed E-state index contributed by atoms with van der Waals surface area (Å²) in [6.07, 6.45) is -3.94. The van der Waals surface area contributed by atoms with Crippen molar-refractivity contribution in [3.05, 3.63) is 82.4 Å². The normalized spacial score (nSPS) is 11.3. The molecule has 0 aliphatic carbocycles. The van der Waals surface area contributed by atoms with E-state index in [2.05, 4.69) is 0 Å². The lowest BCUT2D eigenvalue weighted by Crippen LogP contribution is -2.09. The van der Waals surface area contributed by atoms with Crippen LogP contribution in [0.2, 0.25) is 0 Å². The molecule has 0 amide bonds. The highest BCUT2D eigenvalue weighted by molar-refractivity contribution is 5.82. The molecule has 172 valence electrons. The maximum atomic E-state index is 12.9. The van der Waals surface area contributed by atoms with Gasteiger partial charge in [-0.05, 0) is 46.9 Å². The van der Waals surface area contributed by atoms with E-state index in [1.165, 1.54) is 0 Å². The fraction of sp³-hybridized carbons (Fsp3) is 0.200. The van der Waals surface area contributed by atoms with E-state index in [1.54, 1.807) is 18.2 Å². The van der Waals surface area contributed by atoms with Gasteiger partial charge < -0.3 is 14.9 Å². The highest BCUT2D eigenvalue weighted by Gasteiger charge is 2.35. The Balaban J connectivity index is 1.78. The van der Waals surface area contributed by atoms with Crippen molar-refractivity contribution < 1.29 is 37.7 Å². The zero-order valence-corrected chi connectivity index (χ0v) is 17.6. The first-order valence-electron chi connectivity index (χ1n) is 10.1. The minimum absolute atomic E-state index is 0.0532. The number of phenolic OH excluding ortho intramolecular Hbond substituents is 1. The quantitative estimate of drug-likeness (QED) is 0.426. The van der Waals surface area contributed by atoms with Gasteiger partial charge in [0, 0.05) is 5.56 Å². The number of carboxylic acid groups (broad SMARTS) is 1. The smallest absolute Gasteiger partial charge is 0.419 e. The number of hydrogen-bond donors (Lipinski definition) is 2. The van der Waals surface area contributed by atoms with Gasteiger partial charge in [-0.3, -0.25) is 9.59 Å². The Kier molecular flexibility index (Phi) is 7.06. The summed E-state index contributed by atoms with van der Waals surface area (Å²) < 4.78 is 44.4. The highest BCUT2D eigenvalue weighted by atomic mass is 19.4. The van der Waals surface area contributed by atoms with Crippen LogP contribution in [0.5, 0.6) is 11.5 Å². The van der Waals surface area contributed by atoms with Crippen LogP contribution < -0.4 is 4.74 Å². The molecule has 3 rings (SSSR count). The Morgan fingerprint density at radius 3 is 2.30 bits per heavy atom. The fourth-order valence-electron chi connectivity index (χ4n) is 3.53. The summed E-state index contributed by atoms with van der Waals surface area (Å²) in [7, 11) is 0.